The zero-order valence-electron chi connectivity index (χ0n) is 8.44. The van der Waals surface area contributed by atoms with Crippen LogP contribution in [0, 0.1) is 5.82 Å². The molecule has 1 unspecified atom stereocenters. The first-order chi connectivity index (χ1) is 7.16. The van der Waals surface area contributed by atoms with Crippen LogP contribution in [0.1, 0.15) is 18.4 Å². The summed E-state index contributed by atoms with van der Waals surface area (Å²) in [7, 11) is 0. The average Bonchev–Trinajstić information content (AvgIpc) is 2.20. The molecule has 0 aliphatic carbocycles. The van der Waals surface area contributed by atoms with Crippen LogP contribution < -0.4 is 0 Å². The molecule has 1 aromatic rings. The zero-order valence-corrected chi connectivity index (χ0v) is 8.44. The van der Waals surface area contributed by atoms with E-state index in [1.165, 1.54) is 18.2 Å². The summed E-state index contributed by atoms with van der Waals surface area (Å²) in [6.07, 6.45) is 0. The van der Waals surface area contributed by atoms with E-state index in [1.54, 1.807) is 13.0 Å². The number of benzene rings is 1. The summed E-state index contributed by atoms with van der Waals surface area (Å²) in [5.74, 6) is -2.52. The van der Waals surface area contributed by atoms with E-state index in [1.807, 2.05) is 0 Å². The minimum absolute atomic E-state index is 0.00718. The van der Waals surface area contributed by atoms with E-state index in [9.17, 15) is 9.18 Å². The Bertz CT molecular complexity index is 338. The Morgan fingerprint density at radius 1 is 1.53 bits per heavy atom. The second kappa shape index (κ2) is 5.46. The fourth-order valence-corrected chi connectivity index (χ4v) is 1.29. The van der Waals surface area contributed by atoms with E-state index in [2.05, 4.69) is 0 Å². The van der Waals surface area contributed by atoms with Gasteiger partial charge in [-0.1, -0.05) is 18.2 Å². The first kappa shape index (κ1) is 11.7. The maximum atomic E-state index is 13.3. The average molecular weight is 212 g/mol. The molecule has 0 radical (unpaired) electrons. The highest BCUT2D eigenvalue weighted by Gasteiger charge is 2.22. The fourth-order valence-electron chi connectivity index (χ4n) is 1.29. The number of hydrogen-bond donors (Lipinski definition) is 1. The normalized spacial score (nSPS) is 12.4. The Labute approximate surface area is 87.5 Å². The molecule has 1 aromatic carbocycles. The Kier molecular flexibility index (Phi) is 4.24. The van der Waals surface area contributed by atoms with E-state index in [-0.39, 0.29) is 12.2 Å². The molecular formula is C11H13FO3. The first-order valence-corrected chi connectivity index (χ1v) is 4.71. The number of carboxylic acids is 1. The van der Waals surface area contributed by atoms with Crippen LogP contribution in [0.3, 0.4) is 0 Å². The van der Waals surface area contributed by atoms with E-state index < -0.39 is 17.7 Å². The van der Waals surface area contributed by atoms with Gasteiger partial charge in [-0.25, -0.2) is 4.39 Å². The summed E-state index contributed by atoms with van der Waals surface area (Å²) >= 11 is 0. The van der Waals surface area contributed by atoms with Crippen molar-refractivity contribution >= 4 is 5.97 Å². The molecule has 0 aliphatic rings. The molecule has 3 nitrogen and oxygen atoms in total. The van der Waals surface area contributed by atoms with Gasteiger partial charge < -0.3 is 9.84 Å². The lowest BCUT2D eigenvalue weighted by molar-refractivity contribution is -0.140. The predicted octanol–water partition coefficient (Wildman–Crippen LogP) is 2.03. The lowest BCUT2D eigenvalue weighted by Gasteiger charge is -2.12. The third-order valence-electron chi connectivity index (χ3n) is 2.07. The summed E-state index contributed by atoms with van der Waals surface area (Å²) in [4.78, 5) is 10.9. The van der Waals surface area contributed by atoms with Crippen molar-refractivity contribution in [1.82, 2.24) is 0 Å². The molecule has 0 aliphatic heterocycles. The molecule has 15 heavy (non-hydrogen) atoms. The smallest absolute Gasteiger partial charge is 0.313 e. The monoisotopic (exact) mass is 212 g/mol. The maximum Gasteiger partial charge on any atom is 0.313 e. The van der Waals surface area contributed by atoms with Crippen LogP contribution in [0.2, 0.25) is 0 Å². The molecule has 0 saturated heterocycles. The maximum absolute atomic E-state index is 13.3. The molecule has 0 bridgehead atoms. The molecular weight excluding hydrogens is 199 g/mol. The summed E-state index contributed by atoms with van der Waals surface area (Å²) in [5, 5.41) is 8.93. The minimum Gasteiger partial charge on any atom is -0.481 e. The molecule has 0 saturated carbocycles. The van der Waals surface area contributed by atoms with Crippen LogP contribution in [0.4, 0.5) is 4.39 Å². The summed E-state index contributed by atoms with van der Waals surface area (Å²) < 4.78 is 18.3. The number of rotatable bonds is 5. The van der Waals surface area contributed by atoms with Crippen LogP contribution >= 0.6 is 0 Å². The number of hydrogen-bond acceptors (Lipinski definition) is 2. The molecule has 0 heterocycles. The van der Waals surface area contributed by atoms with Gasteiger partial charge in [0.1, 0.15) is 11.7 Å². The van der Waals surface area contributed by atoms with Gasteiger partial charge in [-0.2, -0.15) is 0 Å². The van der Waals surface area contributed by atoms with Gasteiger partial charge in [0.15, 0.2) is 0 Å². The van der Waals surface area contributed by atoms with Crippen molar-refractivity contribution in [2.45, 2.75) is 12.8 Å². The number of ether oxygens (including phenoxy) is 1. The number of halogens is 1. The predicted molar refractivity (Wildman–Crippen MR) is 53.3 cm³/mol. The molecule has 0 fully saturated rings. The third kappa shape index (κ3) is 3.02. The highest BCUT2D eigenvalue weighted by atomic mass is 19.1. The number of carbonyl (C=O) groups is 1. The number of aliphatic carboxylic acids is 1. The van der Waals surface area contributed by atoms with Crippen molar-refractivity contribution in [2.24, 2.45) is 0 Å². The van der Waals surface area contributed by atoms with Crippen LogP contribution in [-0.2, 0) is 9.53 Å². The molecule has 1 N–H and O–H groups in total. The second-order valence-electron chi connectivity index (χ2n) is 3.07. The van der Waals surface area contributed by atoms with E-state index in [0.29, 0.717) is 6.61 Å². The highest BCUT2D eigenvalue weighted by molar-refractivity contribution is 5.76. The number of carboxylic acid groups (broad SMARTS) is 1. The topological polar surface area (TPSA) is 46.5 Å². The van der Waals surface area contributed by atoms with Gasteiger partial charge in [0.05, 0.1) is 6.61 Å². The molecule has 4 heteroatoms. The van der Waals surface area contributed by atoms with Crippen molar-refractivity contribution in [1.29, 1.82) is 0 Å². The molecule has 1 atom stereocenters. The van der Waals surface area contributed by atoms with Crippen LogP contribution in [-0.4, -0.2) is 24.3 Å². The van der Waals surface area contributed by atoms with Crippen molar-refractivity contribution < 1.29 is 19.0 Å². The summed E-state index contributed by atoms with van der Waals surface area (Å²) in [6.45, 7) is 2.17. The van der Waals surface area contributed by atoms with Crippen molar-refractivity contribution in [2.75, 3.05) is 13.2 Å². The quantitative estimate of drug-likeness (QED) is 0.812. The van der Waals surface area contributed by atoms with Gasteiger partial charge in [-0.05, 0) is 13.0 Å². The Morgan fingerprint density at radius 2 is 2.20 bits per heavy atom. The van der Waals surface area contributed by atoms with E-state index in [0.717, 1.165) is 0 Å². The Hall–Kier alpha value is -1.42. The van der Waals surface area contributed by atoms with E-state index in [4.69, 9.17) is 9.84 Å². The van der Waals surface area contributed by atoms with Crippen molar-refractivity contribution in [3.8, 4) is 0 Å². The van der Waals surface area contributed by atoms with Gasteiger partial charge in [-0.3, -0.25) is 4.79 Å². The molecule has 82 valence electrons. The first-order valence-electron chi connectivity index (χ1n) is 4.71. The zero-order chi connectivity index (χ0) is 11.3. The molecule has 0 amide bonds. The minimum atomic E-state index is -1.08. The Balaban J connectivity index is 2.89. The van der Waals surface area contributed by atoms with Gasteiger partial charge in [0, 0.05) is 12.2 Å². The fraction of sp³-hybridized carbons (Fsp3) is 0.364. The van der Waals surface area contributed by atoms with Gasteiger partial charge in [-0.15, -0.1) is 0 Å². The summed E-state index contributed by atoms with van der Waals surface area (Å²) in [5.41, 5.74) is 0.165. The van der Waals surface area contributed by atoms with Crippen LogP contribution in [0.25, 0.3) is 0 Å². The van der Waals surface area contributed by atoms with Gasteiger partial charge in [0.25, 0.3) is 0 Å². The third-order valence-corrected chi connectivity index (χ3v) is 2.07. The van der Waals surface area contributed by atoms with Crippen LogP contribution in [0.5, 0.6) is 0 Å². The van der Waals surface area contributed by atoms with Gasteiger partial charge in [0.2, 0.25) is 0 Å². The van der Waals surface area contributed by atoms with E-state index >= 15 is 0 Å². The highest BCUT2D eigenvalue weighted by Crippen LogP contribution is 2.19. The largest absolute Gasteiger partial charge is 0.481 e. The lowest BCUT2D eigenvalue weighted by Crippen LogP contribution is -2.19. The molecule has 0 spiro atoms. The van der Waals surface area contributed by atoms with Gasteiger partial charge >= 0.3 is 5.97 Å². The SMILES string of the molecule is CCOCC(C(=O)O)c1ccccc1F. The van der Waals surface area contributed by atoms with Crippen molar-refractivity contribution in [3.63, 3.8) is 0 Å². The standard InChI is InChI=1S/C11H13FO3/c1-2-15-7-9(11(13)14)8-5-3-4-6-10(8)12/h3-6,9H,2,7H2,1H3,(H,13,14). The summed E-state index contributed by atoms with van der Waals surface area (Å²) in [6, 6.07) is 5.85. The Morgan fingerprint density at radius 3 is 2.73 bits per heavy atom. The lowest BCUT2D eigenvalue weighted by atomic mass is 10.00. The van der Waals surface area contributed by atoms with Crippen molar-refractivity contribution in [3.05, 3.63) is 35.6 Å². The second-order valence-corrected chi connectivity index (χ2v) is 3.07. The molecule has 0 aromatic heterocycles. The van der Waals surface area contributed by atoms with Crippen LogP contribution in [0.15, 0.2) is 24.3 Å². The molecule has 1 rings (SSSR count).